The van der Waals surface area contributed by atoms with E-state index in [0.29, 0.717) is 5.56 Å². The number of carbonyl (C=O) groups excluding carboxylic acids is 1. The molecule has 0 spiro atoms. The van der Waals surface area contributed by atoms with E-state index in [1.54, 1.807) is 24.3 Å². The van der Waals surface area contributed by atoms with E-state index < -0.39 is 0 Å². The van der Waals surface area contributed by atoms with E-state index in [1.165, 1.54) is 0 Å². The quantitative estimate of drug-likeness (QED) is 0.559. The predicted octanol–water partition coefficient (Wildman–Crippen LogP) is 1.02. The van der Waals surface area contributed by atoms with Crippen molar-refractivity contribution < 1.29 is 4.79 Å². The molecule has 0 aliphatic rings. The van der Waals surface area contributed by atoms with Crippen LogP contribution in [0.1, 0.15) is 10.4 Å². The zero-order valence-corrected chi connectivity index (χ0v) is 7.86. The van der Waals surface area contributed by atoms with Crippen molar-refractivity contribution in [3.05, 3.63) is 40.7 Å². The van der Waals surface area contributed by atoms with Gasteiger partial charge in [-0.3, -0.25) is 4.79 Å². The molecule has 70 valence electrons. The average Bonchev–Trinajstić information content (AvgIpc) is 2.65. The van der Waals surface area contributed by atoms with Crippen LogP contribution in [0.2, 0.25) is 0 Å². The number of H-pyrrole nitrogens is 1. The molecular weight excluding hydrogens is 200 g/mol. The van der Waals surface area contributed by atoms with Crippen LogP contribution in [0, 0.1) is 4.77 Å². The first kappa shape index (κ1) is 8.76. The lowest BCUT2D eigenvalue weighted by atomic mass is 10.2. The fraction of sp³-hybridized carbons (Fsp3) is 0. The number of carbonyl (C=O) groups is 1. The maximum Gasteiger partial charge on any atom is 0.280 e. The molecule has 5 nitrogen and oxygen atoms in total. The Hall–Kier alpha value is -1.82. The third-order valence-electron chi connectivity index (χ3n) is 1.70. The molecular formula is C8H6N4OS. The highest BCUT2D eigenvalue weighted by Crippen LogP contribution is 2.00. The monoisotopic (exact) mass is 206 g/mol. The summed E-state index contributed by atoms with van der Waals surface area (Å²) in [6.45, 7) is 0. The van der Waals surface area contributed by atoms with Crippen molar-refractivity contribution in [1.29, 1.82) is 0 Å². The molecule has 0 atom stereocenters. The van der Waals surface area contributed by atoms with E-state index >= 15 is 0 Å². The number of hydrogen-bond acceptors (Lipinski definition) is 4. The van der Waals surface area contributed by atoms with Crippen LogP contribution < -0.4 is 0 Å². The highest BCUT2D eigenvalue weighted by Gasteiger charge is 2.09. The van der Waals surface area contributed by atoms with Gasteiger partial charge < -0.3 is 0 Å². The molecule has 0 unspecified atom stereocenters. The lowest BCUT2D eigenvalue weighted by Gasteiger charge is -1.98. The lowest BCUT2D eigenvalue weighted by Crippen LogP contribution is -2.13. The fourth-order valence-corrected chi connectivity index (χ4v) is 1.20. The van der Waals surface area contributed by atoms with Crippen molar-refractivity contribution in [2.45, 2.75) is 0 Å². The Bertz CT molecular complexity index is 501. The first-order valence-electron chi connectivity index (χ1n) is 3.89. The third kappa shape index (κ3) is 1.47. The van der Waals surface area contributed by atoms with Crippen LogP contribution in [-0.4, -0.2) is 26.1 Å². The SMILES string of the molecule is O=C(c1ccccc1)n1[nH]nnc1=S. The van der Waals surface area contributed by atoms with Crippen molar-refractivity contribution >= 4 is 18.1 Å². The molecule has 0 fully saturated rings. The van der Waals surface area contributed by atoms with Crippen LogP contribution in [0.25, 0.3) is 0 Å². The number of aromatic nitrogens is 4. The van der Waals surface area contributed by atoms with Crippen molar-refractivity contribution in [2.24, 2.45) is 0 Å². The number of tetrazole rings is 1. The zero-order valence-electron chi connectivity index (χ0n) is 7.04. The van der Waals surface area contributed by atoms with Gasteiger partial charge in [-0.25, -0.2) is 0 Å². The molecule has 6 heteroatoms. The summed E-state index contributed by atoms with van der Waals surface area (Å²) in [6, 6.07) is 8.79. The van der Waals surface area contributed by atoms with Gasteiger partial charge in [-0.15, -0.1) is 0 Å². The Kier molecular flexibility index (Phi) is 2.19. The van der Waals surface area contributed by atoms with E-state index in [-0.39, 0.29) is 10.7 Å². The van der Waals surface area contributed by atoms with Gasteiger partial charge >= 0.3 is 0 Å². The van der Waals surface area contributed by atoms with Crippen LogP contribution in [-0.2, 0) is 0 Å². The van der Waals surface area contributed by atoms with Gasteiger partial charge in [0.1, 0.15) is 0 Å². The summed E-state index contributed by atoms with van der Waals surface area (Å²) < 4.78 is 1.24. The summed E-state index contributed by atoms with van der Waals surface area (Å²) in [5.74, 6) is -0.263. The highest BCUT2D eigenvalue weighted by molar-refractivity contribution is 7.71. The molecule has 14 heavy (non-hydrogen) atoms. The molecule has 0 saturated heterocycles. The van der Waals surface area contributed by atoms with Crippen LogP contribution in [0.5, 0.6) is 0 Å². The van der Waals surface area contributed by atoms with Crippen molar-refractivity contribution in [3.63, 3.8) is 0 Å². The molecule has 2 rings (SSSR count). The van der Waals surface area contributed by atoms with Gasteiger partial charge in [-0.2, -0.15) is 9.90 Å². The van der Waals surface area contributed by atoms with E-state index in [4.69, 9.17) is 12.2 Å². The van der Waals surface area contributed by atoms with Gasteiger partial charge in [0.05, 0.1) is 0 Å². The van der Waals surface area contributed by atoms with Gasteiger partial charge in [-0.1, -0.05) is 28.5 Å². The van der Waals surface area contributed by atoms with Crippen LogP contribution in [0.15, 0.2) is 30.3 Å². The normalized spacial score (nSPS) is 10.0. The van der Waals surface area contributed by atoms with Crippen LogP contribution in [0.3, 0.4) is 0 Å². The largest absolute Gasteiger partial charge is 0.280 e. The summed E-state index contributed by atoms with van der Waals surface area (Å²) in [6.07, 6.45) is 0. The Morgan fingerprint density at radius 3 is 2.64 bits per heavy atom. The fourth-order valence-electron chi connectivity index (χ4n) is 1.04. The molecule has 1 N–H and O–H groups in total. The number of rotatable bonds is 1. The molecule has 0 saturated carbocycles. The summed E-state index contributed by atoms with van der Waals surface area (Å²) in [4.78, 5) is 11.7. The summed E-state index contributed by atoms with van der Waals surface area (Å²) in [5, 5.41) is 9.35. The van der Waals surface area contributed by atoms with Gasteiger partial charge in [0, 0.05) is 5.56 Å². The van der Waals surface area contributed by atoms with Crippen LogP contribution in [0.4, 0.5) is 0 Å². The van der Waals surface area contributed by atoms with Gasteiger partial charge in [0.2, 0.25) is 4.77 Å². The van der Waals surface area contributed by atoms with Gasteiger partial charge in [0.25, 0.3) is 5.91 Å². The lowest BCUT2D eigenvalue weighted by molar-refractivity contribution is 0.0941. The van der Waals surface area contributed by atoms with Crippen molar-refractivity contribution in [3.8, 4) is 0 Å². The third-order valence-corrected chi connectivity index (χ3v) is 1.96. The summed E-state index contributed by atoms with van der Waals surface area (Å²) >= 11 is 4.80. The minimum atomic E-state index is -0.263. The minimum Gasteiger partial charge on any atom is -0.267 e. The van der Waals surface area contributed by atoms with Gasteiger partial charge in [-0.05, 0) is 24.4 Å². The standard InChI is InChI=1S/C8H6N4OS/c13-7(6-4-2-1-3-5-6)12-8(14)9-10-11-12/h1-5H,(H,9,11,14). The second kappa shape index (κ2) is 3.51. The van der Waals surface area contributed by atoms with E-state index in [1.807, 2.05) is 6.07 Å². The maximum atomic E-state index is 11.7. The minimum absolute atomic E-state index is 0.124. The Balaban J connectivity index is 2.44. The smallest absolute Gasteiger partial charge is 0.267 e. The van der Waals surface area contributed by atoms with Crippen molar-refractivity contribution in [2.75, 3.05) is 0 Å². The van der Waals surface area contributed by atoms with Crippen LogP contribution >= 0.6 is 12.2 Å². The second-order valence-electron chi connectivity index (χ2n) is 2.59. The molecule has 1 aromatic heterocycles. The number of hydrogen-bond donors (Lipinski definition) is 1. The number of aromatic amines is 1. The molecule has 0 aliphatic heterocycles. The van der Waals surface area contributed by atoms with E-state index in [0.717, 1.165) is 4.68 Å². The molecule has 0 amide bonds. The first-order chi connectivity index (χ1) is 6.79. The second-order valence-corrected chi connectivity index (χ2v) is 2.95. The molecule has 0 aliphatic carbocycles. The number of nitrogens with zero attached hydrogens (tertiary/aromatic N) is 3. The molecule has 0 bridgehead atoms. The Morgan fingerprint density at radius 1 is 1.36 bits per heavy atom. The number of benzene rings is 1. The topological polar surface area (TPSA) is 63.6 Å². The van der Waals surface area contributed by atoms with Gasteiger partial charge in [0.15, 0.2) is 0 Å². The highest BCUT2D eigenvalue weighted by atomic mass is 32.1. The first-order valence-corrected chi connectivity index (χ1v) is 4.30. The van der Waals surface area contributed by atoms with E-state index in [2.05, 4.69) is 15.5 Å². The maximum absolute atomic E-state index is 11.7. The number of nitrogens with one attached hydrogen (secondary N) is 1. The molecule has 1 aromatic carbocycles. The molecule has 1 heterocycles. The van der Waals surface area contributed by atoms with E-state index in [9.17, 15) is 4.79 Å². The Morgan fingerprint density at radius 2 is 2.07 bits per heavy atom. The molecule has 2 aromatic rings. The summed E-state index contributed by atoms with van der Waals surface area (Å²) in [5.41, 5.74) is 0.537. The predicted molar refractivity (Wildman–Crippen MR) is 51.4 cm³/mol. The average molecular weight is 206 g/mol. The Labute approximate surface area is 84.4 Å². The van der Waals surface area contributed by atoms with Crippen molar-refractivity contribution in [1.82, 2.24) is 20.2 Å². The summed E-state index contributed by atoms with van der Waals surface area (Å²) in [7, 11) is 0. The molecule has 0 radical (unpaired) electrons. The zero-order chi connectivity index (χ0) is 9.97.